The lowest BCUT2D eigenvalue weighted by atomic mass is 10.1. The topological polar surface area (TPSA) is 30.7 Å². The molecule has 0 bridgehead atoms. The van der Waals surface area contributed by atoms with E-state index in [2.05, 4.69) is 23.2 Å². The monoisotopic (exact) mass is 331 g/mol. The fraction of sp³-hybridized carbons (Fsp3) is 0.143. The lowest BCUT2D eigenvalue weighted by Gasteiger charge is -2.03. The summed E-state index contributed by atoms with van der Waals surface area (Å²) in [6.07, 6.45) is 3.55. The number of rotatable bonds is 4. The molecule has 0 fully saturated rings. The Hall–Kier alpha value is -3.01. The van der Waals surface area contributed by atoms with Crippen molar-refractivity contribution in [3.63, 3.8) is 0 Å². The molecule has 0 saturated heterocycles. The largest absolute Gasteiger partial charge is 0.337 e. The molecule has 3 nitrogen and oxygen atoms in total. The Bertz CT molecular complexity index is 1040. The molecule has 2 aromatic heterocycles. The molecule has 0 aliphatic carbocycles. The molecule has 0 N–H and O–H groups in total. The van der Waals surface area contributed by atoms with Gasteiger partial charge in [-0.1, -0.05) is 36.4 Å². The van der Waals surface area contributed by atoms with Crippen LogP contribution < -0.4 is 0 Å². The average Bonchev–Trinajstić information content (AvgIpc) is 3.01. The van der Waals surface area contributed by atoms with Crippen LogP contribution in [0.25, 0.3) is 22.2 Å². The van der Waals surface area contributed by atoms with Gasteiger partial charge in [0.1, 0.15) is 11.6 Å². The van der Waals surface area contributed by atoms with Crippen LogP contribution in [0.1, 0.15) is 11.5 Å². The second kappa shape index (κ2) is 6.48. The Kier molecular flexibility index (Phi) is 4.02. The molecule has 0 amide bonds. The van der Waals surface area contributed by atoms with Crippen molar-refractivity contribution in [1.29, 1.82) is 0 Å². The maximum atomic E-state index is 13.4. The molecule has 4 rings (SSSR count). The van der Waals surface area contributed by atoms with Gasteiger partial charge in [-0.3, -0.25) is 4.98 Å². The molecule has 0 atom stereocenters. The van der Waals surface area contributed by atoms with Gasteiger partial charge >= 0.3 is 0 Å². The normalized spacial score (nSPS) is 11.1. The number of imidazole rings is 1. The summed E-state index contributed by atoms with van der Waals surface area (Å²) in [5, 5.41) is 1.15. The van der Waals surface area contributed by atoms with Crippen LogP contribution in [0.2, 0.25) is 0 Å². The molecule has 25 heavy (non-hydrogen) atoms. The highest BCUT2D eigenvalue weighted by Crippen LogP contribution is 2.20. The van der Waals surface area contributed by atoms with Gasteiger partial charge in [-0.05, 0) is 30.7 Å². The first-order valence-electron chi connectivity index (χ1n) is 8.32. The van der Waals surface area contributed by atoms with Gasteiger partial charge in [0.05, 0.1) is 11.2 Å². The molecule has 0 radical (unpaired) electrons. The lowest BCUT2D eigenvalue weighted by molar-refractivity contribution is 0.628. The summed E-state index contributed by atoms with van der Waals surface area (Å²) in [5.74, 6) is 0.722. The second-order valence-electron chi connectivity index (χ2n) is 6.16. The second-order valence-corrected chi connectivity index (χ2v) is 6.16. The minimum Gasteiger partial charge on any atom is -0.337 e. The molecule has 2 aromatic carbocycles. The van der Waals surface area contributed by atoms with E-state index in [9.17, 15) is 4.39 Å². The molecular weight excluding hydrogens is 313 g/mol. The molecule has 0 unspecified atom stereocenters. The van der Waals surface area contributed by atoms with Crippen LogP contribution in [-0.4, -0.2) is 14.5 Å². The molecular formula is C21H18FN3. The van der Waals surface area contributed by atoms with E-state index in [1.807, 2.05) is 42.1 Å². The number of benzene rings is 2. The summed E-state index contributed by atoms with van der Waals surface area (Å²) in [7, 11) is 1.97. The zero-order chi connectivity index (χ0) is 17.2. The van der Waals surface area contributed by atoms with E-state index in [1.54, 1.807) is 6.07 Å². The summed E-state index contributed by atoms with van der Waals surface area (Å²) in [6, 6.07) is 18.8. The van der Waals surface area contributed by atoms with E-state index in [0.29, 0.717) is 0 Å². The fourth-order valence-corrected chi connectivity index (χ4v) is 3.01. The Labute approximate surface area is 145 Å². The van der Waals surface area contributed by atoms with E-state index < -0.39 is 0 Å². The summed E-state index contributed by atoms with van der Waals surface area (Å²) in [6.45, 7) is 0. The molecule has 4 aromatic rings. The van der Waals surface area contributed by atoms with Crippen molar-refractivity contribution in [2.75, 3.05) is 0 Å². The number of aromatic nitrogens is 3. The molecule has 0 spiro atoms. The van der Waals surface area contributed by atoms with Crippen molar-refractivity contribution >= 4 is 10.9 Å². The Morgan fingerprint density at radius 3 is 2.68 bits per heavy atom. The average molecular weight is 331 g/mol. The minimum absolute atomic E-state index is 0.245. The third-order valence-corrected chi connectivity index (χ3v) is 4.35. The van der Waals surface area contributed by atoms with E-state index in [1.165, 1.54) is 12.1 Å². The first kappa shape index (κ1) is 15.5. The van der Waals surface area contributed by atoms with Gasteiger partial charge in [0, 0.05) is 36.3 Å². The SMILES string of the molecule is Cn1cc(-c2cccc(F)c2)nc1CCc1ccc2ccccc2n1. The zero-order valence-electron chi connectivity index (χ0n) is 14.0. The highest BCUT2D eigenvalue weighted by molar-refractivity contribution is 5.78. The van der Waals surface area contributed by atoms with Crippen LogP contribution >= 0.6 is 0 Å². The third-order valence-electron chi connectivity index (χ3n) is 4.35. The first-order chi connectivity index (χ1) is 12.2. The van der Waals surface area contributed by atoms with Crippen molar-refractivity contribution in [2.24, 2.45) is 7.05 Å². The molecule has 4 heteroatoms. The van der Waals surface area contributed by atoms with Crippen LogP contribution in [0.15, 0.2) is 66.9 Å². The van der Waals surface area contributed by atoms with E-state index in [4.69, 9.17) is 4.98 Å². The Morgan fingerprint density at radius 2 is 1.80 bits per heavy atom. The van der Waals surface area contributed by atoms with Crippen LogP contribution in [0.4, 0.5) is 4.39 Å². The minimum atomic E-state index is -0.245. The number of fused-ring (bicyclic) bond motifs is 1. The molecule has 0 saturated carbocycles. The van der Waals surface area contributed by atoms with Crippen molar-refractivity contribution in [3.8, 4) is 11.3 Å². The van der Waals surface area contributed by atoms with E-state index in [0.717, 1.165) is 46.5 Å². The van der Waals surface area contributed by atoms with Crippen LogP contribution in [0.5, 0.6) is 0 Å². The van der Waals surface area contributed by atoms with Crippen LogP contribution in [-0.2, 0) is 19.9 Å². The van der Waals surface area contributed by atoms with Gasteiger partial charge in [-0.25, -0.2) is 9.37 Å². The lowest BCUT2D eigenvalue weighted by Crippen LogP contribution is -2.01. The maximum absolute atomic E-state index is 13.4. The van der Waals surface area contributed by atoms with Crippen molar-refractivity contribution in [1.82, 2.24) is 14.5 Å². The predicted octanol–water partition coefficient (Wildman–Crippen LogP) is 4.56. The van der Waals surface area contributed by atoms with Crippen molar-refractivity contribution in [3.05, 3.63) is 84.2 Å². The van der Waals surface area contributed by atoms with E-state index in [-0.39, 0.29) is 5.82 Å². The summed E-state index contributed by atoms with van der Waals surface area (Å²) >= 11 is 0. The summed E-state index contributed by atoms with van der Waals surface area (Å²) < 4.78 is 15.4. The molecule has 0 aliphatic rings. The number of hydrogen-bond acceptors (Lipinski definition) is 2. The Balaban J connectivity index is 1.54. The molecule has 0 aliphatic heterocycles. The maximum Gasteiger partial charge on any atom is 0.123 e. The van der Waals surface area contributed by atoms with Gasteiger partial charge in [0.15, 0.2) is 0 Å². The first-order valence-corrected chi connectivity index (χ1v) is 8.32. The van der Waals surface area contributed by atoms with Gasteiger partial charge in [-0.15, -0.1) is 0 Å². The smallest absolute Gasteiger partial charge is 0.123 e. The number of aryl methyl sites for hydroxylation is 3. The highest BCUT2D eigenvalue weighted by Gasteiger charge is 2.09. The van der Waals surface area contributed by atoms with Gasteiger partial charge < -0.3 is 4.57 Å². The highest BCUT2D eigenvalue weighted by atomic mass is 19.1. The van der Waals surface area contributed by atoms with Crippen LogP contribution in [0.3, 0.4) is 0 Å². The van der Waals surface area contributed by atoms with Gasteiger partial charge in [0.2, 0.25) is 0 Å². The quantitative estimate of drug-likeness (QED) is 0.549. The van der Waals surface area contributed by atoms with Gasteiger partial charge in [0.25, 0.3) is 0 Å². The number of hydrogen-bond donors (Lipinski definition) is 0. The summed E-state index contributed by atoms with van der Waals surface area (Å²) in [4.78, 5) is 9.38. The van der Waals surface area contributed by atoms with Gasteiger partial charge in [-0.2, -0.15) is 0 Å². The zero-order valence-corrected chi connectivity index (χ0v) is 14.0. The van der Waals surface area contributed by atoms with Crippen molar-refractivity contribution < 1.29 is 4.39 Å². The molecule has 124 valence electrons. The standard InChI is InChI=1S/C21H18FN3/c1-25-14-20(16-6-4-7-17(22)13-16)24-21(25)12-11-18-10-9-15-5-2-3-8-19(15)23-18/h2-10,13-14H,11-12H2,1H3. The number of halogens is 1. The number of pyridine rings is 1. The summed E-state index contributed by atoms with van der Waals surface area (Å²) in [5.41, 5.74) is 3.66. The third kappa shape index (κ3) is 3.29. The van der Waals surface area contributed by atoms with Crippen molar-refractivity contribution in [2.45, 2.75) is 12.8 Å². The van der Waals surface area contributed by atoms with Crippen LogP contribution in [0, 0.1) is 5.82 Å². The fourth-order valence-electron chi connectivity index (χ4n) is 3.01. The Morgan fingerprint density at radius 1 is 0.920 bits per heavy atom. The molecule has 2 heterocycles. The number of nitrogens with zero attached hydrogens (tertiary/aromatic N) is 3. The number of para-hydroxylation sites is 1. The predicted molar refractivity (Wildman–Crippen MR) is 97.8 cm³/mol. The van der Waals surface area contributed by atoms with E-state index >= 15 is 0 Å².